The third kappa shape index (κ3) is 4.45. The van der Waals surface area contributed by atoms with Crippen LogP contribution in [0.3, 0.4) is 0 Å². The second-order valence-electron chi connectivity index (χ2n) is 7.33. The Morgan fingerprint density at radius 2 is 1.71 bits per heavy atom. The molecule has 0 N–H and O–H groups in total. The van der Waals surface area contributed by atoms with Crippen molar-refractivity contribution in [3.05, 3.63) is 46.5 Å². The van der Waals surface area contributed by atoms with Crippen molar-refractivity contribution in [2.24, 2.45) is 7.05 Å². The summed E-state index contributed by atoms with van der Waals surface area (Å²) < 4.78 is 33.2. The largest absolute Gasteiger partial charge is 0.379 e. The summed E-state index contributed by atoms with van der Waals surface area (Å²) in [5.41, 5.74) is -0.0436. The van der Waals surface area contributed by atoms with Crippen molar-refractivity contribution in [2.75, 3.05) is 57.4 Å². The minimum Gasteiger partial charge on any atom is -0.379 e. The number of aryl methyl sites for hydroxylation is 1. The average molecular weight is 449 g/mol. The predicted molar refractivity (Wildman–Crippen MR) is 111 cm³/mol. The number of sulfonamides is 1. The maximum Gasteiger partial charge on any atom is 0.274 e. The summed E-state index contributed by atoms with van der Waals surface area (Å²) in [5.74, 6) is 0.434. The van der Waals surface area contributed by atoms with E-state index >= 15 is 0 Å². The fourth-order valence-corrected chi connectivity index (χ4v) is 4.92. The van der Waals surface area contributed by atoms with Crippen LogP contribution in [-0.2, 0) is 21.8 Å². The van der Waals surface area contributed by atoms with Gasteiger partial charge in [-0.05, 0) is 18.2 Å². The quantitative estimate of drug-likeness (QED) is 0.594. The maximum absolute atomic E-state index is 12.7. The number of piperazine rings is 1. The van der Waals surface area contributed by atoms with Gasteiger partial charge in [-0.15, -0.1) is 0 Å². The minimum absolute atomic E-state index is 0.160. The molecular formula is C19H24N6O5S. The Hall–Kier alpha value is -2.83. The molecule has 2 aromatic heterocycles. The van der Waals surface area contributed by atoms with Crippen LogP contribution in [0.4, 0.5) is 5.82 Å². The van der Waals surface area contributed by atoms with Gasteiger partial charge in [0.1, 0.15) is 16.4 Å². The van der Waals surface area contributed by atoms with E-state index in [9.17, 15) is 18.0 Å². The number of pyridine rings is 1. The number of hydrogen-bond acceptors (Lipinski definition) is 8. The Balaban J connectivity index is 1.39. The van der Waals surface area contributed by atoms with Gasteiger partial charge in [-0.2, -0.15) is 9.40 Å². The highest BCUT2D eigenvalue weighted by Crippen LogP contribution is 2.20. The molecular weight excluding hydrogens is 424 g/mol. The number of aromatic nitrogens is 3. The first-order valence-electron chi connectivity index (χ1n) is 9.99. The number of anilines is 1. The van der Waals surface area contributed by atoms with Crippen LogP contribution in [0.25, 0.3) is 0 Å². The molecule has 0 atom stereocenters. The summed E-state index contributed by atoms with van der Waals surface area (Å²) in [7, 11) is -2.07. The summed E-state index contributed by atoms with van der Waals surface area (Å²) >= 11 is 0. The predicted octanol–water partition coefficient (Wildman–Crippen LogP) is -0.841. The molecule has 4 heterocycles. The highest BCUT2D eigenvalue weighted by molar-refractivity contribution is 7.89. The van der Waals surface area contributed by atoms with E-state index < -0.39 is 10.0 Å². The summed E-state index contributed by atoms with van der Waals surface area (Å²) in [5, 5.41) is 4.01. The third-order valence-corrected chi connectivity index (χ3v) is 7.28. The van der Waals surface area contributed by atoms with Crippen molar-refractivity contribution < 1.29 is 17.9 Å². The molecule has 2 aliphatic heterocycles. The van der Waals surface area contributed by atoms with Crippen LogP contribution in [0.1, 0.15) is 10.5 Å². The van der Waals surface area contributed by atoms with E-state index in [0.717, 1.165) is 4.68 Å². The molecule has 11 nitrogen and oxygen atoms in total. The fraction of sp³-hybridized carbons (Fsp3) is 0.474. The molecule has 1 amide bonds. The normalized spacial score (nSPS) is 18.2. The van der Waals surface area contributed by atoms with Crippen LogP contribution in [0.15, 0.2) is 40.2 Å². The van der Waals surface area contributed by atoms with Crippen LogP contribution in [0.5, 0.6) is 0 Å². The van der Waals surface area contributed by atoms with Crippen LogP contribution < -0.4 is 10.5 Å². The van der Waals surface area contributed by atoms with Crippen molar-refractivity contribution in [1.29, 1.82) is 0 Å². The molecule has 0 bridgehead atoms. The van der Waals surface area contributed by atoms with Crippen LogP contribution >= 0.6 is 0 Å². The molecule has 31 heavy (non-hydrogen) atoms. The van der Waals surface area contributed by atoms with Crippen molar-refractivity contribution >= 4 is 21.7 Å². The number of carbonyl (C=O) groups excluding carboxylic acids is 1. The molecule has 0 radical (unpaired) electrons. The van der Waals surface area contributed by atoms with Crippen molar-refractivity contribution in [3.8, 4) is 0 Å². The van der Waals surface area contributed by atoms with E-state index in [1.807, 2.05) is 4.90 Å². The number of amides is 1. The highest BCUT2D eigenvalue weighted by Gasteiger charge is 2.28. The molecule has 2 saturated heterocycles. The number of carbonyl (C=O) groups is 1. The first-order chi connectivity index (χ1) is 14.9. The summed E-state index contributed by atoms with van der Waals surface area (Å²) in [4.78, 5) is 32.3. The van der Waals surface area contributed by atoms with Crippen LogP contribution in [0, 0.1) is 0 Å². The Morgan fingerprint density at radius 1 is 1.00 bits per heavy atom. The van der Waals surface area contributed by atoms with Gasteiger partial charge in [-0.25, -0.2) is 18.1 Å². The fourth-order valence-electron chi connectivity index (χ4n) is 3.57. The zero-order valence-corrected chi connectivity index (χ0v) is 18.0. The molecule has 0 saturated carbocycles. The van der Waals surface area contributed by atoms with Gasteiger partial charge in [-0.1, -0.05) is 0 Å². The van der Waals surface area contributed by atoms with E-state index in [-0.39, 0.29) is 22.1 Å². The zero-order valence-electron chi connectivity index (χ0n) is 17.2. The van der Waals surface area contributed by atoms with Gasteiger partial charge < -0.3 is 14.5 Å². The molecule has 0 aromatic carbocycles. The number of rotatable bonds is 4. The first kappa shape index (κ1) is 21.4. The Morgan fingerprint density at radius 3 is 2.32 bits per heavy atom. The van der Waals surface area contributed by atoms with Gasteiger partial charge in [0.25, 0.3) is 11.5 Å². The molecule has 4 rings (SSSR count). The van der Waals surface area contributed by atoms with E-state index in [2.05, 4.69) is 10.1 Å². The summed E-state index contributed by atoms with van der Waals surface area (Å²) in [6.45, 7) is 3.51. The average Bonchev–Trinajstić information content (AvgIpc) is 2.81. The van der Waals surface area contributed by atoms with E-state index in [4.69, 9.17) is 4.74 Å². The van der Waals surface area contributed by atoms with Crippen molar-refractivity contribution in [3.63, 3.8) is 0 Å². The van der Waals surface area contributed by atoms with E-state index in [0.29, 0.717) is 58.3 Å². The van der Waals surface area contributed by atoms with Crippen molar-refractivity contribution in [2.45, 2.75) is 4.90 Å². The highest BCUT2D eigenvalue weighted by atomic mass is 32.2. The Kier molecular flexibility index (Phi) is 6.03. The van der Waals surface area contributed by atoms with Gasteiger partial charge in [0.2, 0.25) is 10.0 Å². The lowest BCUT2D eigenvalue weighted by Crippen LogP contribution is -2.49. The minimum atomic E-state index is -3.58. The standard InChI is InChI=1S/C19H24N6O5S/c1-22-18(26)5-3-16(21-22)19(27)24-8-6-23(7-9-24)17-4-2-15(14-20-17)31(28,29)25-10-12-30-13-11-25/h2-5,14H,6-13H2,1H3. The number of hydrogen-bond donors (Lipinski definition) is 0. The molecule has 0 unspecified atom stereocenters. The summed E-state index contributed by atoms with van der Waals surface area (Å²) in [6, 6.07) is 6.03. The monoisotopic (exact) mass is 448 g/mol. The topological polar surface area (TPSA) is 118 Å². The second-order valence-corrected chi connectivity index (χ2v) is 9.27. The summed E-state index contributed by atoms with van der Waals surface area (Å²) in [6.07, 6.45) is 1.38. The molecule has 0 aliphatic carbocycles. The van der Waals surface area contributed by atoms with Crippen molar-refractivity contribution in [1.82, 2.24) is 24.0 Å². The maximum atomic E-state index is 12.7. The molecule has 2 fully saturated rings. The van der Waals surface area contributed by atoms with Gasteiger partial charge in [-0.3, -0.25) is 9.59 Å². The van der Waals surface area contributed by atoms with Gasteiger partial charge >= 0.3 is 0 Å². The van der Waals surface area contributed by atoms with Gasteiger partial charge in [0, 0.05) is 58.6 Å². The Labute approximate surface area is 179 Å². The molecule has 2 aromatic rings. The Bertz CT molecular complexity index is 1100. The smallest absolute Gasteiger partial charge is 0.274 e. The second kappa shape index (κ2) is 8.73. The van der Waals surface area contributed by atoms with E-state index in [1.54, 1.807) is 17.0 Å². The lowest BCUT2D eigenvalue weighted by atomic mass is 10.2. The molecule has 12 heteroatoms. The molecule has 166 valence electrons. The lowest BCUT2D eigenvalue weighted by Gasteiger charge is -2.35. The van der Waals surface area contributed by atoms with Gasteiger partial charge in [0.05, 0.1) is 13.2 Å². The third-order valence-electron chi connectivity index (χ3n) is 5.40. The van der Waals surface area contributed by atoms with Gasteiger partial charge in [0.15, 0.2) is 0 Å². The number of nitrogens with zero attached hydrogens (tertiary/aromatic N) is 6. The SMILES string of the molecule is Cn1nc(C(=O)N2CCN(c3ccc(S(=O)(=O)N4CCOCC4)cn3)CC2)ccc1=O. The number of morpholine rings is 1. The first-order valence-corrected chi connectivity index (χ1v) is 11.4. The molecule has 0 spiro atoms. The molecule has 2 aliphatic rings. The van der Waals surface area contributed by atoms with E-state index in [1.165, 1.54) is 29.7 Å². The zero-order chi connectivity index (χ0) is 22.0. The van der Waals surface area contributed by atoms with Crippen LogP contribution in [-0.4, -0.2) is 90.8 Å². The number of ether oxygens (including phenoxy) is 1. The van der Waals surface area contributed by atoms with Crippen LogP contribution in [0.2, 0.25) is 0 Å². The lowest BCUT2D eigenvalue weighted by molar-refractivity contribution is 0.0730.